The van der Waals surface area contributed by atoms with Gasteiger partial charge in [-0.3, -0.25) is 9.59 Å². The van der Waals surface area contributed by atoms with Gasteiger partial charge in [0.1, 0.15) is 0 Å². The van der Waals surface area contributed by atoms with E-state index in [1.807, 2.05) is 19.9 Å². The Labute approximate surface area is 138 Å². The average molecular weight is 336 g/mol. The maximum atomic E-state index is 12.0. The predicted octanol–water partition coefficient (Wildman–Crippen LogP) is 2.81. The molecule has 0 bridgehead atoms. The lowest BCUT2D eigenvalue weighted by Crippen LogP contribution is -2.34. The van der Waals surface area contributed by atoms with Crippen molar-refractivity contribution in [3.63, 3.8) is 0 Å². The van der Waals surface area contributed by atoms with Gasteiger partial charge in [-0.25, -0.2) is 4.98 Å². The summed E-state index contributed by atoms with van der Waals surface area (Å²) in [5.41, 5.74) is 0.648. The lowest BCUT2D eigenvalue weighted by molar-refractivity contribution is -0.142. The molecule has 0 saturated carbocycles. The molecule has 2 aromatic rings. The molecule has 0 fully saturated rings. The molecule has 0 aliphatic heterocycles. The van der Waals surface area contributed by atoms with Crippen LogP contribution in [0.3, 0.4) is 0 Å². The van der Waals surface area contributed by atoms with E-state index in [1.54, 1.807) is 17.7 Å². The quantitative estimate of drug-likeness (QED) is 0.773. The zero-order valence-electron chi connectivity index (χ0n) is 13.1. The molecule has 0 unspecified atom stereocenters. The van der Waals surface area contributed by atoms with Gasteiger partial charge in [-0.05, 0) is 24.5 Å². The number of nitrogens with one attached hydrogen (secondary N) is 1. The Kier molecular flexibility index (Phi) is 5.92. The maximum absolute atomic E-state index is 12.0. The summed E-state index contributed by atoms with van der Waals surface area (Å²) in [4.78, 5) is 27.5. The van der Waals surface area contributed by atoms with Crippen LogP contribution in [0.1, 0.15) is 26.0 Å². The topological polar surface area (TPSA) is 92.4 Å². The van der Waals surface area contributed by atoms with Crippen molar-refractivity contribution in [2.75, 3.05) is 6.54 Å². The third kappa shape index (κ3) is 5.21. The largest absolute Gasteiger partial charge is 0.481 e. The number of carboxylic acids is 1. The van der Waals surface area contributed by atoms with E-state index < -0.39 is 11.9 Å². The normalized spacial score (nSPS) is 12.3. The molecule has 0 radical (unpaired) electrons. The minimum atomic E-state index is -0.882. The zero-order chi connectivity index (χ0) is 16.8. The summed E-state index contributed by atoms with van der Waals surface area (Å²) in [7, 11) is 0. The Bertz CT molecular complexity index is 649. The van der Waals surface area contributed by atoms with Crippen LogP contribution in [0, 0.1) is 11.8 Å². The number of amides is 1. The Morgan fingerprint density at radius 2 is 2.22 bits per heavy atom. The van der Waals surface area contributed by atoms with Gasteiger partial charge >= 0.3 is 5.97 Å². The summed E-state index contributed by atoms with van der Waals surface area (Å²) in [6.07, 6.45) is 2.24. The molecule has 0 spiro atoms. The minimum absolute atomic E-state index is 0.130. The van der Waals surface area contributed by atoms with Crippen molar-refractivity contribution in [3.8, 4) is 10.8 Å². The monoisotopic (exact) mass is 336 g/mol. The molecule has 7 heteroatoms. The number of rotatable bonds is 8. The maximum Gasteiger partial charge on any atom is 0.308 e. The standard InChI is InChI=1S/C16H20N2O4S/c1-10(2)6-11(16(20)21)8-17-14(19)7-12-9-23-15(18-12)13-4-3-5-22-13/h3-5,9-11H,6-8H2,1-2H3,(H,17,19)(H,20,21)/t11-/m1/s1. The highest BCUT2D eigenvalue weighted by Crippen LogP contribution is 2.24. The molecular weight excluding hydrogens is 316 g/mol. The van der Waals surface area contributed by atoms with Crippen LogP contribution in [0.2, 0.25) is 0 Å². The number of carbonyl (C=O) groups excluding carboxylic acids is 1. The Hall–Kier alpha value is -2.15. The molecule has 0 saturated heterocycles. The average Bonchev–Trinajstić information content (AvgIpc) is 3.13. The third-order valence-electron chi connectivity index (χ3n) is 3.28. The minimum Gasteiger partial charge on any atom is -0.481 e. The van der Waals surface area contributed by atoms with Crippen LogP contribution >= 0.6 is 11.3 Å². The molecular formula is C16H20N2O4S. The number of aliphatic carboxylic acids is 1. The van der Waals surface area contributed by atoms with Crippen LogP contribution < -0.4 is 5.32 Å². The van der Waals surface area contributed by atoms with E-state index in [0.717, 1.165) is 5.01 Å². The molecule has 2 rings (SSSR count). The van der Waals surface area contributed by atoms with Crippen LogP contribution in [0.4, 0.5) is 0 Å². The molecule has 1 atom stereocenters. The number of nitrogens with zero attached hydrogens (tertiary/aromatic N) is 1. The van der Waals surface area contributed by atoms with Gasteiger partial charge < -0.3 is 14.8 Å². The van der Waals surface area contributed by atoms with E-state index in [1.165, 1.54) is 11.3 Å². The van der Waals surface area contributed by atoms with E-state index in [4.69, 9.17) is 9.52 Å². The van der Waals surface area contributed by atoms with Gasteiger partial charge in [0.05, 0.1) is 24.3 Å². The van der Waals surface area contributed by atoms with E-state index in [0.29, 0.717) is 17.9 Å². The molecule has 2 N–H and O–H groups in total. The van der Waals surface area contributed by atoms with Gasteiger partial charge in [0.15, 0.2) is 10.8 Å². The third-order valence-corrected chi connectivity index (χ3v) is 4.18. The number of aromatic nitrogens is 1. The van der Waals surface area contributed by atoms with Crippen molar-refractivity contribution in [2.45, 2.75) is 26.7 Å². The zero-order valence-corrected chi connectivity index (χ0v) is 13.9. The molecule has 124 valence electrons. The van der Waals surface area contributed by atoms with Gasteiger partial charge in [-0.15, -0.1) is 11.3 Å². The lowest BCUT2D eigenvalue weighted by atomic mass is 9.97. The fraction of sp³-hybridized carbons (Fsp3) is 0.438. The smallest absolute Gasteiger partial charge is 0.308 e. The lowest BCUT2D eigenvalue weighted by Gasteiger charge is -2.15. The SMILES string of the molecule is CC(C)C[C@H](CNC(=O)Cc1csc(-c2ccco2)n1)C(=O)O. The van der Waals surface area contributed by atoms with Gasteiger partial charge in [-0.2, -0.15) is 0 Å². The fourth-order valence-corrected chi connectivity index (χ4v) is 2.99. The number of hydrogen-bond acceptors (Lipinski definition) is 5. The van der Waals surface area contributed by atoms with Crippen LogP contribution in [0.25, 0.3) is 10.8 Å². The van der Waals surface area contributed by atoms with Crippen LogP contribution in [-0.2, 0) is 16.0 Å². The number of carboxylic acid groups (broad SMARTS) is 1. The number of furan rings is 1. The predicted molar refractivity (Wildman–Crippen MR) is 87.1 cm³/mol. The van der Waals surface area contributed by atoms with Crippen molar-refractivity contribution in [2.24, 2.45) is 11.8 Å². The van der Waals surface area contributed by atoms with E-state index in [2.05, 4.69) is 10.3 Å². The highest BCUT2D eigenvalue weighted by atomic mass is 32.1. The van der Waals surface area contributed by atoms with Crippen molar-refractivity contribution in [1.29, 1.82) is 0 Å². The summed E-state index contributed by atoms with van der Waals surface area (Å²) in [6, 6.07) is 3.59. The molecule has 0 aromatic carbocycles. The van der Waals surface area contributed by atoms with E-state index in [-0.39, 0.29) is 24.8 Å². The second-order valence-corrected chi connectivity index (χ2v) is 6.62. The Balaban J connectivity index is 1.86. The summed E-state index contributed by atoms with van der Waals surface area (Å²) in [5, 5.41) is 14.4. The number of carbonyl (C=O) groups is 2. The van der Waals surface area contributed by atoms with Crippen molar-refractivity contribution < 1.29 is 19.1 Å². The van der Waals surface area contributed by atoms with Crippen LogP contribution in [0.5, 0.6) is 0 Å². The van der Waals surface area contributed by atoms with Crippen molar-refractivity contribution in [3.05, 3.63) is 29.5 Å². The molecule has 1 amide bonds. The van der Waals surface area contributed by atoms with Gasteiger partial charge in [0.25, 0.3) is 0 Å². The highest BCUT2D eigenvalue weighted by Gasteiger charge is 2.20. The first-order valence-electron chi connectivity index (χ1n) is 7.43. The van der Waals surface area contributed by atoms with Crippen LogP contribution in [-0.4, -0.2) is 28.5 Å². The van der Waals surface area contributed by atoms with E-state index in [9.17, 15) is 9.59 Å². The van der Waals surface area contributed by atoms with Crippen molar-refractivity contribution in [1.82, 2.24) is 10.3 Å². The fourth-order valence-electron chi connectivity index (χ4n) is 2.21. The molecule has 23 heavy (non-hydrogen) atoms. The highest BCUT2D eigenvalue weighted by molar-refractivity contribution is 7.13. The van der Waals surface area contributed by atoms with Gasteiger partial charge in [-0.1, -0.05) is 13.8 Å². The molecule has 2 heterocycles. The summed E-state index contributed by atoms with van der Waals surface area (Å²) >= 11 is 1.41. The molecule has 2 aromatic heterocycles. The number of thiazole rings is 1. The van der Waals surface area contributed by atoms with Crippen LogP contribution in [0.15, 0.2) is 28.2 Å². The molecule has 0 aliphatic rings. The molecule has 6 nitrogen and oxygen atoms in total. The summed E-state index contributed by atoms with van der Waals surface area (Å²) in [5.74, 6) is -0.732. The first-order chi connectivity index (χ1) is 11.0. The second-order valence-electron chi connectivity index (χ2n) is 5.77. The van der Waals surface area contributed by atoms with Gasteiger partial charge in [0, 0.05) is 11.9 Å². The Morgan fingerprint density at radius 1 is 1.43 bits per heavy atom. The van der Waals surface area contributed by atoms with Gasteiger partial charge in [0.2, 0.25) is 5.91 Å². The van der Waals surface area contributed by atoms with Crippen molar-refractivity contribution >= 4 is 23.2 Å². The Morgan fingerprint density at radius 3 is 2.83 bits per heavy atom. The summed E-state index contributed by atoms with van der Waals surface area (Å²) < 4.78 is 5.26. The first-order valence-corrected chi connectivity index (χ1v) is 8.31. The first kappa shape index (κ1) is 17.2. The number of hydrogen-bond donors (Lipinski definition) is 2. The second kappa shape index (κ2) is 7.92. The summed E-state index contributed by atoms with van der Waals surface area (Å²) in [6.45, 7) is 4.06. The molecule has 0 aliphatic carbocycles. The van der Waals surface area contributed by atoms with E-state index >= 15 is 0 Å².